The van der Waals surface area contributed by atoms with Crippen molar-refractivity contribution in [2.75, 3.05) is 13.6 Å². The van der Waals surface area contributed by atoms with E-state index in [0.717, 1.165) is 40.4 Å². The van der Waals surface area contributed by atoms with Crippen LogP contribution >= 0.6 is 23.4 Å². The first-order chi connectivity index (χ1) is 21.9. The van der Waals surface area contributed by atoms with Crippen LogP contribution < -0.4 is 22.5 Å². The first-order valence-corrected chi connectivity index (χ1v) is 15.9. The van der Waals surface area contributed by atoms with Gasteiger partial charge in [0.25, 0.3) is 0 Å². The molecule has 4 aromatic rings. The number of halogens is 4. The highest BCUT2D eigenvalue weighted by molar-refractivity contribution is 7.99. The number of H-pyrrole nitrogens is 1. The Hall–Kier alpha value is -3.62. The molecule has 0 saturated carbocycles. The molecular formula is C32H37ClF3N7O2S. The number of carbonyl (C=O) groups excluding carboxylic acids is 2. The summed E-state index contributed by atoms with van der Waals surface area (Å²) in [7, 11) is 1.50. The van der Waals surface area contributed by atoms with Crippen molar-refractivity contribution >= 4 is 46.1 Å². The molecule has 2 aromatic heterocycles. The molecule has 0 radical (unpaired) electrons. The van der Waals surface area contributed by atoms with Gasteiger partial charge in [-0.25, -0.2) is 4.98 Å². The number of benzene rings is 2. The van der Waals surface area contributed by atoms with Gasteiger partial charge in [0.15, 0.2) is 0 Å². The van der Waals surface area contributed by atoms with Crippen LogP contribution in [0.3, 0.4) is 0 Å². The molecule has 0 aliphatic carbocycles. The lowest BCUT2D eigenvalue weighted by atomic mass is 10.0. The first kappa shape index (κ1) is 35.2. The Morgan fingerprint density at radius 1 is 1.09 bits per heavy atom. The fourth-order valence-corrected chi connectivity index (χ4v) is 6.45. The summed E-state index contributed by atoms with van der Waals surface area (Å²) in [6.45, 7) is 0.325. The Morgan fingerprint density at radius 3 is 2.57 bits per heavy atom. The van der Waals surface area contributed by atoms with Crippen LogP contribution in [0.1, 0.15) is 41.5 Å². The minimum atomic E-state index is -4.68. The monoisotopic (exact) mass is 675 g/mol. The Bertz CT molecular complexity index is 1670. The van der Waals surface area contributed by atoms with E-state index in [4.69, 9.17) is 28.8 Å². The summed E-state index contributed by atoms with van der Waals surface area (Å²) in [6, 6.07) is 10.9. The second-order valence-electron chi connectivity index (χ2n) is 10.9. The van der Waals surface area contributed by atoms with E-state index in [1.807, 2.05) is 24.3 Å². The van der Waals surface area contributed by atoms with Gasteiger partial charge in [-0.05, 0) is 60.3 Å². The number of aromatic amines is 1. The first-order valence-electron chi connectivity index (χ1n) is 14.7. The number of pyridine rings is 1. The Balaban J connectivity index is 1.65. The van der Waals surface area contributed by atoms with Gasteiger partial charge in [-0.1, -0.05) is 54.0 Å². The lowest BCUT2D eigenvalue weighted by Crippen LogP contribution is -2.53. The number of para-hydroxylation sites is 1. The van der Waals surface area contributed by atoms with Crippen LogP contribution in [0.25, 0.3) is 10.9 Å². The summed E-state index contributed by atoms with van der Waals surface area (Å²) in [4.78, 5) is 36.4. The zero-order valence-corrected chi connectivity index (χ0v) is 26.8. The number of hydrogen-bond acceptors (Lipinski definition) is 7. The predicted molar refractivity (Wildman–Crippen MR) is 174 cm³/mol. The Morgan fingerprint density at radius 2 is 1.85 bits per heavy atom. The maximum absolute atomic E-state index is 13.9. The van der Waals surface area contributed by atoms with Crippen LogP contribution in [0.5, 0.6) is 0 Å². The number of hydrogen-bond donors (Lipinski definition) is 5. The van der Waals surface area contributed by atoms with Crippen molar-refractivity contribution in [3.63, 3.8) is 0 Å². The quantitative estimate of drug-likeness (QED) is 0.118. The molecule has 0 unspecified atom stereocenters. The number of nitrogens with one attached hydrogen (secondary N) is 2. The van der Waals surface area contributed by atoms with Crippen LogP contribution in [0, 0.1) is 0 Å². The number of aromatic nitrogens is 2. The summed E-state index contributed by atoms with van der Waals surface area (Å²) < 4.78 is 41.5. The number of nitrogens with two attached hydrogens (primary N) is 3. The van der Waals surface area contributed by atoms with E-state index < -0.39 is 35.6 Å². The van der Waals surface area contributed by atoms with Gasteiger partial charge in [0.05, 0.1) is 16.6 Å². The van der Waals surface area contributed by atoms with E-state index in [9.17, 15) is 22.8 Å². The molecule has 246 valence electrons. The highest BCUT2D eigenvalue weighted by Crippen LogP contribution is 2.41. The van der Waals surface area contributed by atoms with Crippen LogP contribution in [0.2, 0.25) is 5.02 Å². The van der Waals surface area contributed by atoms with Crippen LogP contribution in [-0.2, 0) is 35.3 Å². The van der Waals surface area contributed by atoms with Crippen molar-refractivity contribution < 1.29 is 22.8 Å². The minimum absolute atomic E-state index is 0.130. The molecule has 0 aliphatic rings. The van der Waals surface area contributed by atoms with Crippen LogP contribution in [0.4, 0.5) is 13.2 Å². The molecule has 8 N–H and O–H groups in total. The molecule has 4 rings (SSSR count). The van der Waals surface area contributed by atoms with Gasteiger partial charge < -0.3 is 32.4 Å². The van der Waals surface area contributed by atoms with E-state index in [1.165, 1.54) is 11.9 Å². The largest absolute Gasteiger partial charge is 0.416 e. The average Bonchev–Trinajstić information content (AvgIpc) is 3.45. The molecule has 0 spiro atoms. The molecule has 2 heterocycles. The van der Waals surface area contributed by atoms with E-state index in [0.29, 0.717) is 41.3 Å². The van der Waals surface area contributed by atoms with Crippen molar-refractivity contribution in [1.82, 2.24) is 20.2 Å². The van der Waals surface area contributed by atoms with E-state index in [2.05, 4.69) is 15.3 Å². The maximum Gasteiger partial charge on any atom is 0.416 e. The van der Waals surface area contributed by atoms with Gasteiger partial charge in [-0.3, -0.25) is 9.59 Å². The van der Waals surface area contributed by atoms with Crippen LogP contribution in [-0.4, -0.2) is 52.4 Å². The fourth-order valence-electron chi connectivity index (χ4n) is 5.09. The third kappa shape index (κ3) is 8.59. The Labute approximate surface area is 274 Å². The lowest BCUT2D eigenvalue weighted by Gasteiger charge is -2.30. The smallest absolute Gasteiger partial charge is 0.361 e. The lowest BCUT2D eigenvalue weighted by molar-refractivity contribution is -0.140. The summed E-state index contributed by atoms with van der Waals surface area (Å²) >= 11 is 7.49. The van der Waals surface area contributed by atoms with Gasteiger partial charge in [0.2, 0.25) is 11.8 Å². The van der Waals surface area contributed by atoms with Crippen molar-refractivity contribution in [2.24, 2.45) is 17.2 Å². The zero-order valence-electron chi connectivity index (χ0n) is 25.2. The number of rotatable bonds is 14. The number of unbranched alkanes of at least 4 members (excludes halogenated alkanes) is 1. The topological polar surface area (TPSA) is 156 Å². The third-order valence-corrected chi connectivity index (χ3v) is 9.32. The number of fused-ring (bicyclic) bond motifs is 1. The summed E-state index contributed by atoms with van der Waals surface area (Å²) in [5.41, 5.74) is 19.1. The average molecular weight is 676 g/mol. The van der Waals surface area contributed by atoms with E-state index in [-0.39, 0.29) is 30.1 Å². The SMILES string of the molecule is CN(C(=O)[C@@H](N)CCCCN)[C@@H](Cc1c[nH]c2ccccc12)C(=O)NCc1cc(C(F)(F)F)cc(Cl)c1Sc1ncccc1CN. The second-order valence-corrected chi connectivity index (χ2v) is 12.3. The summed E-state index contributed by atoms with van der Waals surface area (Å²) in [5.74, 6) is -1.000. The number of amides is 2. The van der Waals surface area contributed by atoms with Gasteiger partial charge in [0.1, 0.15) is 11.1 Å². The van der Waals surface area contributed by atoms with Crippen LogP contribution in [0.15, 0.2) is 70.8 Å². The maximum atomic E-state index is 13.9. The summed E-state index contributed by atoms with van der Waals surface area (Å²) in [5, 5.41) is 3.97. The normalized spacial score (nSPS) is 13.0. The highest BCUT2D eigenvalue weighted by Gasteiger charge is 2.34. The number of nitrogens with zero attached hydrogens (tertiary/aromatic N) is 2. The number of carbonyl (C=O) groups is 2. The van der Waals surface area contributed by atoms with Gasteiger partial charge >= 0.3 is 6.18 Å². The van der Waals surface area contributed by atoms with Crippen molar-refractivity contribution in [3.8, 4) is 0 Å². The van der Waals surface area contributed by atoms with E-state index >= 15 is 0 Å². The molecule has 2 amide bonds. The van der Waals surface area contributed by atoms with Crippen molar-refractivity contribution in [3.05, 3.63) is 88.2 Å². The molecule has 14 heteroatoms. The standard InChI is InChI=1S/C32H37ClF3N7O2S/c1-43(31(45)25(39)9-4-5-11-37)27(14-20-17-41-26-10-3-2-8-23(20)26)29(44)42-18-21-13-22(32(34,35)36)15-24(33)28(21)46-30-19(16-38)7-6-12-40-30/h2-3,6-8,10,12-13,15,17,25,27,41H,4-5,9,11,14,16,18,37-39H2,1H3,(H,42,44)/t25-,27-/m0/s1. The molecule has 2 aromatic carbocycles. The third-order valence-electron chi connectivity index (χ3n) is 7.66. The molecule has 0 bridgehead atoms. The van der Waals surface area contributed by atoms with E-state index in [1.54, 1.807) is 24.5 Å². The minimum Gasteiger partial charge on any atom is -0.361 e. The van der Waals surface area contributed by atoms with Crippen molar-refractivity contribution in [2.45, 2.75) is 67.0 Å². The van der Waals surface area contributed by atoms with Gasteiger partial charge in [-0.2, -0.15) is 13.2 Å². The molecule has 9 nitrogen and oxygen atoms in total. The fraction of sp³-hybridized carbons (Fsp3) is 0.344. The van der Waals surface area contributed by atoms with Gasteiger partial charge in [0, 0.05) is 54.8 Å². The number of likely N-dealkylation sites (N-methyl/N-ethyl adjacent to an activating group) is 1. The Kier molecular flexibility index (Phi) is 12.1. The van der Waals surface area contributed by atoms with Crippen molar-refractivity contribution in [1.29, 1.82) is 0 Å². The second kappa shape index (κ2) is 15.8. The van der Waals surface area contributed by atoms with Gasteiger partial charge in [-0.15, -0.1) is 0 Å². The summed E-state index contributed by atoms with van der Waals surface area (Å²) in [6.07, 6.45) is 0.515. The molecular weight excluding hydrogens is 639 g/mol. The number of alkyl halides is 3. The molecule has 0 saturated heterocycles. The predicted octanol–water partition coefficient (Wildman–Crippen LogP) is 4.99. The molecule has 2 atom stereocenters. The molecule has 46 heavy (non-hydrogen) atoms. The highest BCUT2D eigenvalue weighted by atomic mass is 35.5. The molecule has 0 aliphatic heterocycles. The molecule has 0 fully saturated rings. The zero-order chi connectivity index (χ0) is 33.4.